The van der Waals surface area contributed by atoms with Gasteiger partial charge in [0.2, 0.25) is 0 Å². The molecule has 1 aliphatic rings. The first-order chi connectivity index (χ1) is 9.47. The van der Waals surface area contributed by atoms with Gasteiger partial charge < -0.3 is 5.73 Å². The second kappa shape index (κ2) is 6.72. The molecule has 1 aromatic rings. The van der Waals surface area contributed by atoms with Gasteiger partial charge in [-0.25, -0.2) is 8.42 Å². The lowest BCUT2D eigenvalue weighted by Crippen LogP contribution is -2.37. The standard InChI is InChI=1S/C16H25NO2S/c1-20(18,19)15-9-5-8-14(12-15)16(17)11-10-13-6-3-2-4-7-13/h2-4,6-7,14-16H,5,8-12,17H2,1H3. The van der Waals surface area contributed by atoms with Gasteiger partial charge in [-0.05, 0) is 43.6 Å². The molecule has 0 radical (unpaired) electrons. The van der Waals surface area contributed by atoms with E-state index in [2.05, 4.69) is 12.1 Å². The normalized spacial score (nSPS) is 25.3. The van der Waals surface area contributed by atoms with E-state index in [1.165, 1.54) is 11.8 Å². The van der Waals surface area contributed by atoms with E-state index in [0.29, 0.717) is 5.92 Å². The zero-order chi connectivity index (χ0) is 14.6. The molecule has 1 aromatic carbocycles. The number of rotatable bonds is 5. The van der Waals surface area contributed by atoms with E-state index in [9.17, 15) is 8.42 Å². The molecule has 0 saturated heterocycles. The second-order valence-corrected chi connectivity index (χ2v) is 8.39. The van der Waals surface area contributed by atoms with Crippen LogP contribution in [0.2, 0.25) is 0 Å². The Hall–Kier alpha value is -0.870. The maximum Gasteiger partial charge on any atom is 0.150 e. The average Bonchev–Trinajstić information content (AvgIpc) is 2.45. The molecule has 0 heterocycles. The number of benzene rings is 1. The van der Waals surface area contributed by atoms with Crippen molar-refractivity contribution in [2.45, 2.75) is 49.8 Å². The first-order valence-corrected chi connectivity index (χ1v) is 9.40. The highest BCUT2D eigenvalue weighted by atomic mass is 32.2. The summed E-state index contributed by atoms with van der Waals surface area (Å²) in [4.78, 5) is 0. The van der Waals surface area contributed by atoms with Crippen molar-refractivity contribution in [1.82, 2.24) is 0 Å². The third-order valence-corrected chi connectivity index (χ3v) is 6.13. The number of nitrogens with two attached hydrogens (primary N) is 1. The van der Waals surface area contributed by atoms with Gasteiger partial charge in [0.15, 0.2) is 0 Å². The van der Waals surface area contributed by atoms with Crippen LogP contribution in [-0.2, 0) is 16.3 Å². The Kier molecular flexibility index (Phi) is 5.22. The van der Waals surface area contributed by atoms with Crippen molar-refractivity contribution in [1.29, 1.82) is 0 Å². The number of hydrogen-bond acceptors (Lipinski definition) is 3. The summed E-state index contributed by atoms with van der Waals surface area (Å²) in [6, 6.07) is 10.4. The zero-order valence-electron chi connectivity index (χ0n) is 12.2. The SMILES string of the molecule is CS(=O)(=O)C1CCCC(C(N)CCc2ccccc2)C1. The Labute approximate surface area is 122 Å². The number of sulfone groups is 1. The van der Waals surface area contributed by atoms with Crippen molar-refractivity contribution in [2.24, 2.45) is 11.7 Å². The van der Waals surface area contributed by atoms with E-state index in [-0.39, 0.29) is 11.3 Å². The molecule has 1 saturated carbocycles. The summed E-state index contributed by atoms with van der Waals surface area (Å²) in [6.45, 7) is 0. The molecule has 1 fully saturated rings. The molecule has 2 N–H and O–H groups in total. The third kappa shape index (κ3) is 4.32. The highest BCUT2D eigenvalue weighted by Gasteiger charge is 2.31. The topological polar surface area (TPSA) is 60.2 Å². The average molecular weight is 295 g/mol. The van der Waals surface area contributed by atoms with Crippen LogP contribution in [-0.4, -0.2) is 26.0 Å². The summed E-state index contributed by atoms with van der Waals surface area (Å²) >= 11 is 0. The van der Waals surface area contributed by atoms with Gasteiger partial charge in [0.05, 0.1) is 5.25 Å². The lowest BCUT2D eigenvalue weighted by atomic mass is 9.82. The molecule has 4 heteroatoms. The minimum absolute atomic E-state index is 0.111. The lowest BCUT2D eigenvalue weighted by molar-refractivity contribution is 0.296. The molecule has 3 nitrogen and oxygen atoms in total. The van der Waals surface area contributed by atoms with E-state index in [1.807, 2.05) is 18.2 Å². The van der Waals surface area contributed by atoms with Gasteiger partial charge in [-0.15, -0.1) is 0 Å². The van der Waals surface area contributed by atoms with Gasteiger partial charge in [0.1, 0.15) is 9.84 Å². The van der Waals surface area contributed by atoms with Crippen LogP contribution in [0.5, 0.6) is 0 Å². The molecule has 1 aliphatic carbocycles. The first kappa shape index (κ1) is 15.5. The Bertz CT molecular complexity index is 513. The van der Waals surface area contributed by atoms with E-state index < -0.39 is 9.84 Å². The molecule has 0 amide bonds. The van der Waals surface area contributed by atoms with E-state index in [0.717, 1.165) is 38.5 Å². The van der Waals surface area contributed by atoms with E-state index in [1.54, 1.807) is 0 Å². The fourth-order valence-electron chi connectivity index (χ4n) is 3.17. The smallest absolute Gasteiger partial charge is 0.150 e. The molecule has 20 heavy (non-hydrogen) atoms. The summed E-state index contributed by atoms with van der Waals surface area (Å²) in [5.74, 6) is 0.354. The van der Waals surface area contributed by atoms with Crippen molar-refractivity contribution in [2.75, 3.05) is 6.26 Å². The quantitative estimate of drug-likeness (QED) is 0.908. The molecule has 3 unspecified atom stereocenters. The van der Waals surface area contributed by atoms with Crippen LogP contribution in [0.15, 0.2) is 30.3 Å². The number of aryl methyl sites for hydroxylation is 1. The van der Waals surface area contributed by atoms with Crippen molar-refractivity contribution < 1.29 is 8.42 Å². The van der Waals surface area contributed by atoms with Crippen LogP contribution in [0, 0.1) is 5.92 Å². The van der Waals surface area contributed by atoms with Gasteiger partial charge in [-0.2, -0.15) is 0 Å². The molecular weight excluding hydrogens is 270 g/mol. The van der Waals surface area contributed by atoms with Crippen molar-refractivity contribution >= 4 is 9.84 Å². The first-order valence-electron chi connectivity index (χ1n) is 7.45. The van der Waals surface area contributed by atoms with Crippen LogP contribution in [0.4, 0.5) is 0 Å². The highest BCUT2D eigenvalue weighted by molar-refractivity contribution is 7.91. The highest BCUT2D eigenvalue weighted by Crippen LogP contribution is 2.31. The summed E-state index contributed by atoms with van der Waals surface area (Å²) in [5.41, 5.74) is 7.61. The largest absolute Gasteiger partial charge is 0.327 e. The molecule has 0 spiro atoms. The van der Waals surface area contributed by atoms with Crippen molar-refractivity contribution in [3.63, 3.8) is 0 Å². The van der Waals surface area contributed by atoms with Crippen molar-refractivity contribution in [3.05, 3.63) is 35.9 Å². The fraction of sp³-hybridized carbons (Fsp3) is 0.625. The number of hydrogen-bond donors (Lipinski definition) is 1. The van der Waals surface area contributed by atoms with Crippen LogP contribution in [0.25, 0.3) is 0 Å². The summed E-state index contributed by atoms with van der Waals surface area (Å²) in [6.07, 6.45) is 6.88. The lowest BCUT2D eigenvalue weighted by Gasteiger charge is -2.32. The van der Waals surface area contributed by atoms with Gasteiger partial charge in [0, 0.05) is 12.3 Å². The van der Waals surface area contributed by atoms with Gasteiger partial charge in [-0.3, -0.25) is 0 Å². The Morgan fingerprint density at radius 1 is 1.25 bits per heavy atom. The Balaban J connectivity index is 1.87. The summed E-state index contributed by atoms with van der Waals surface area (Å²) < 4.78 is 23.4. The van der Waals surface area contributed by atoms with Crippen molar-refractivity contribution in [3.8, 4) is 0 Å². The molecule has 2 rings (SSSR count). The minimum Gasteiger partial charge on any atom is -0.327 e. The van der Waals surface area contributed by atoms with Crippen LogP contribution >= 0.6 is 0 Å². The predicted molar refractivity (Wildman–Crippen MR) is 83.3 cm³/mol. The molecular formula is C16H25NO2S. The molecule has 3 atom stereocenters. The van der Waals surface area contributed by atoms with Gasteiger partial charge >= 0.3 is 0 Å². The van der Waals surface area contributed by atoms with Crippen LogP contribution < -0.4 is 5.73 Å². The fourth-order valence-corrected chi connectivity index (χ4v) is 4.36. The third-order valence-electron chi connectivity index (χ3n) is 4.49. The molecule has 0 bridgehead atoms. The summed E-state index contributed by atoms with van der Waals surface area (Å²) in [7, 11) is -2.91. The minimum atomic E-state index is -2.91. The maximum atomic E-state index is 11.7. The van der Waals surface area contributed by atoms with Crippen LogP contribution in [0.3, 0.4) is 0 Å². The van der Waals surface area contributed by atoms with E-state index in [4.69, 9.17) is 5.73 Å². The summed E-state index contributed by atoms with van der Waals surface area (Å²) in [5, 5.41) is -0.177. The molecule has 112 valence electrons. The van der Waals surface area contributed by atoms with Gasteiger partial charge in [-0.1, -0.05) is 36.8 Å². The Morgan fingerprint density at radius 2 is 1.95 bits per heavy atom. The van der Waals surface area contributed by atoms with Crippen LogP contribution in [0.1, 0.15) is 37.7 Å². The maximum absolute atomic E-state index is 11.7. The second-order valence-electron chi connectivity index (χ2n) is 6.07. The molecule has 0 aromatic heterocycles. The van der Waals surface area contributed by atoms with Gasteiger partial charge in [0.25, 0.3) is 0 Å². The zero-order valence-corrected chi connectivity index (χ0v) is 13.0. The predicted octanol–water partition coefficient (Wildman–Crippen LogP) is 2.55. The van der Waals surface area contributed by atoms with E-state index >= 15 is 0 Å². The Morgan fingerprint density at radius 3 is 2.60 bits per heavy atom. The molecule has 0 aliphatic heterocycles. The monoisotopic (exact) mass is 295 g/mol.